The van der Waals surface area contributed by atoms with Crippen LogP contribution in [0.5, 0.6) is 5.75 Å². The topological polar surface area (TPSA) is 32.3 Å². The Kier molecular flexibility index (Phi) is 5.26. The second-order valence-electron chi connectivity index (χ2n) is 5.99. The highest BCUT2D eigenvalue weighted by atomic mass is 16.3. The molecule has 1 aromatic rings. The van der Waals surface area contributed by atoms with Crippen LogP contribution in [-0.2, 0) is 0 Å². The third-order valence-electron chi connectivity index (χ3n) is 4.52. The lowest BCUT2D eigenvalue weighted by Gasteiger charge is -2.27. The van der Waals surface area contributed by atoms with Crippen LogP contribution in [-0.4, -0.2) is 11.1 Å². The maximum Gasteiger partial charge on any atom is 0.120 e. The van der Waals surface area contributed by atoms with Crippen LogP contribution in [0.2, 0.25) is 0 Å². The quantitative estimate of drug-likeness (QED) is 0.787. The highest BCUT2D eigenvalue weighted by Crippen LogP contribution is 2.28. The van der Waals surface area contributed by atoms with E-state index in [1.54, 1.807) is 6.07 Å². The summed E-state index contributed by atoms with van der Waals surface area (Å²) in [6.45, 7) is 4.44. The molecule has 106 valence electrons. The second-order valence-corrected chi connectivity index (χ2v) is 5.99. The van der Waals surface area contributed by atoms with Gasteiger partial charge in [0, 0.05) is 17.6 Å². The summed E-state index contributed by atoms with van der Waals surface area (Å²) < 4.78 is 0. The summed E-state index contributed by atoms with van der Waals surface area (Å²) in [6.07, 6.45) is 8.25. The fraction of sp³-hybridized carbons (Fsp3) is 0.647. The molecule has 1 aromatic carbocycles. The molecule has 0 bridgehead atoms. The molecule has 0 saturated heterocycles. The van der Waals surface area contributed by atoms with Crippen molar-refractivity contribution in [3.05, 3.63) is 29.8 Å². The molecule has 0 aliphatic heterocycles. The Morgan fingerprint density at radius 3 is 2.32 bits per heavy atom. The van der Waals surface area contributed by atoms with Crippen molar-refractivity contribution in [3.63, 3.8) is 0 Å². The molecule has 2 N–H and O–H groups in total. The molecule has 2 heteroatoms. The Labute approximate surface area is 117 Å². The smallest absolute Gasteiger partial charge is 0.120 e. The van der Waals surface area contributed by atoms with Gasteiger partial charge in [-0.1, -0.05) is 43.9 Å². The van der Waals surface area contributed by atoms with Gasteiger partial charge >= 0.3 is 0 Å². The summed E-state index contributed by atoms with van der Waals surface area (Å²) in [6, 6.07) is 8.37. The third kappa shape index (κ3) is 3.97. The van der Waals surface area contributed by atoms with Gasteiger partial charge in [-0.25, -0.2) is 0 Å². The molecule has 1 aliphatic carbocycles. The number of benzene rings is 1. The van der Waals surface area contributed by atoms with Crippen LogP contribution < -0.4 is 5.32 Å². The van der Waals surface area contributed by atoms with Crippen LogP contribution in [0.25, 0.3) is 0 Å². The van der Waals surface area contributed by atoms with E-state index < -0.39 is 0 Å². The minimum Gasteiger partial charge on any atom is -0.508 e. The number of hydrogen-bond donors (Lipinski definition) is 2. The number of hydrogen-bond acceptors (Lipinski definition) is 2. The van der Waals surface area contributed by atoms with Crippen LogP contribution in [0.1, 0.15) is 64.0 Å². The Morgan fingerprint density at radius 2 is 1.68 bits per heavy atom. The first-order valence-electron chi connectivity index (χ1n) is 7.72. The summed E-state index contributed by atoms with van der Waals surface area (Å²) >= 11 is 0. The number of phenols is 1. The van der Waals surface area contributed by atoms with Gasteiger partial charge in [0.2, 0.25) is 0 Å². The lowest BCUT2D eigenvalue weighted by molar-refractivity contribution is 0.313. The average molecular weight is 261 g/mol. The largest absolute Gasteiger partial charge is 0.508 e. The van der Waals surface area contributed by atoms with Crippen molar-refractivity contribution in [1.82, 2.24) is 5.32 Å². The summed E-state index contributed by atoms with van der Waals surface area (Å²) in [5.74, 6) is 1.19. The molecule has 0 heterocycles. The maximum absolute atomic E-state index is 9.91. The van der Waals surface area contributed by atoms with Crippen LogP contribution in [0.4, 0.5) is 0 Å². The zero-order valence-corrected chi connectivity index (χ0v) is 12.2. The standard InChI is InChI=1S/C17H27NO/c1-13(15-9-5-3-4-6-10-15)18-14(2)16-11-7-8-12-17(16)19/h7-8,11-15,18-19H,3-6,9-10H2,1-2H3/t13-,14?/m1/s1. The van der Waals surface area contributed by atoms with E-state index in [-0.39, 0.29) is 6.04 Å². The van der Waals surface area contributed by atoms with E-state index in [1.165, 1.54) is 38.5 Å². The molecule has 2 rings (SSSR count). The highest BCUT2D eigenvalue weighted by Gasteiger charge is 2.21. The summed E-state index contributed by atoms with van der Waals surface area (Å²) in [7, 11) is 0. The Morgan fingerprint density at radius 1 is 1.05 bits per heavy atom. The van der Waals surface area contributed by atoms with E-state index in [1.807, 2.05) is 18.2 Å². The molecule has 0 aromatic heterocycles. The van der Waals surface area contributed by atoms with Gasteiger partial charge in [0.05, 0.1) is 0 Å². The van der Waals surface area contributed by atoms with E-state index in [0.29, 0.717) is 11.8 Å². The van der Waals surface area contributed by atoms with Gasteiger partial charge in [-0.15, -0.1) is 0 Å². The van der Waals surface area contributed by atoms with Gasteiger partial charge in [0.15, 0.2) is 0 Å². The van der Waals surface area contributed by atoms with Gasteiger partial charge in [-0.3, -0.25) is 0 Å². The van der Waals surface area contributed by atoms with E-state index in [4.69, 9.17) is 0 Å². The first-order chi connectivity index (χ1) is 9.18. The van der Waals surface area contributed by atoms with Crippen LogP contribution in [0, 0.1) is 5.92 Å². The van der Waals surface area contributed by atoms with Crippen molar-refractivity contribution < 1.29 is 5.11 Å². The molecule has 0 radical (unpaired) electrons. The summed E-state index contributed by atoms with van der Waals surface area (Å²) in [5.41, 5.74) is 1.00. The number of nitrogens with one attached hydrogen (secondary N) is 1. The zero-order valence-electron chi connectivity index (χ0n) is 12.2. The second kappa shape index (κ2) is 6.95. The molecule has 2 atom stereocenters. The van der Waals surface area contributed by atoms with Gasteiger partial charge in [-0.2, -0.15) is 0 Å². The molecular weight excluding hydrogens is 234 g/mol. The van der Waals surface area contributed by atoms with Crippen LogP contribution >= 0.6 is 0 Å². The van der Waals surface area contributed by atoms with Crippen molar-refractivity contribution in [1.29, 1.82) is 0 Å². The van der Waals surface area contributed by atoms with Gasteiger partial charge in [0.25, 0.3) is 0 Å². The van der Waals surface area contributed by atoms with Crippen molar-refractivity contribution in [2.75, 3.05) is 0 Å². The van der Waals surface area contributed by atoms with Gasteiger partial charge < -0.3 is 10.4 Å². The predicted molar refractivity (Wildman–Crippen MR) is 80.3 cm³/mol. The fourth-order valence-corrected chi connectivity index (χ4v) is 3.28. The molecule has 0 amide bonds. The van der Waals surface area contributed by atoms with E-state index in [9.17, 15) is 5.11 Å². The Hall–Kier alpha value is -1.02. The number of para-hydroxylation sites is 1. The SMILES string of the molecule is CC(N[C@H](C)C1CCCCCC1)c1ccccc1O. The van der Waals surface area contributed by atoms with Crippen LogP contribution in [0.3, 0.4) is 0 Å². The molecule has 2 nitrogen and oxygen atoms in total. The van der Waals surface area contributed by atoms with Gasteiger partial charge in [-0.05, 0) is 38.7 Å². The first kappa shape index (κ1) is 14.4. The summed E-state index contributed by atoms with van der Waals surface area (Å²) in [5, 5.41) is 13.6. The number of rotatable bonds is 4. The maximum atomic E-state index is 9.91. The zero-order chi connectivity index (χ0) is 13.7. The van der Waals surface area contributed by atoms with E-state index >= 15 is 0 Å². The van der Waals surface area contributed by atoms with Crippen molar-refractivity contribution in [2.45, 2.75) is 64.5 Å². The van der Waals surface area contributed by atoms with Crippen LogP contribution in [0.15, 0.2) is 24.3 Å². The molecular formula is C17H27NO. The molecule has 1 fully saturated rings. The van der Waals surface area contributed by atoms with Crippen molar-refractivity contribution in [2.24, 2.45) is 5.92 Å². The summed E-state index contributed by atoms with van der Waals surface area (Å²) in [4.78, 5) is 0. The lowest BCUT2D eigenvalue weighted by Crippen LogP contribution is -2.35. The number of aromatic hydroxyl groups is 1. The molecule has 19 heavy (non-hydrogen) atoms. The molecule has 1 unspecified atom stereocenters. The first-order valence-corrected chi connectivity index (χ1v) is 7.72. The monoisotopic (exact) mass is 261 g/mol. The molecule has 1 aliphatic rings. The van der Waals surface area contributed by atoms with Crippen molar-refractivity contribution in [3.8, 4) is 5.75 Å². The minimum atomic E-state index is 0.208. The van der Waals surface area contributed by atoms with Gasteiger partial charge in [0.1, 0.15) is 5.75 Å². The Bertz CT molecular complexity index is 383. The van der Waals surface area contributed by atoms with E-state index in [0.717, 1.165) is 11.5 Å². The lowest BCUT2D eigenvalue weighted by atomic mass is 9.92. The Balaban J connectivity index is 1.94. The molecule has 1 saturated carbocycles. The third-order valence-corrected chi connectivity index (χ3v) is 4.52. The predicted octanol–water partition coefficient (Wildman–Crippen LogP) is 4.40. The van der Waals surface area contributed by atoms with Crippen molar-refractivity contribution >= 4 is 0 Å². The number of phenolic OH excluding ortho intramolecular Hbond substituents is 1. The normalized spacial score (nSPS) is 20.7. The van der Waals surface area contributed by atoms with E-state index in [2.05, 4.69) is 19.2 Å². The highest BCUT2D eigenvalue weighted by molar-refractivity contribution is 5.34. The average Bonchev–Trinajstić information content (AvgIpc) is 2.68. The molecule has 0 spiro atoms. The fourth-order valence-electron chi connectivity index (χ4n) is 3.28. The minimum absolute atomic E-state index is 0.208.